The Hall–Kier alpha value is -1.08. The van der Waals surface area contributed by atoms with Crippen molar-refractivity contribution < 1.29 is 13.5 Å². The van der Waals surface area contributed by atoms with Crippen LogP contribution in [0.1, 0.15) is 12.6 Å². The molecule has 1 aromatic rings. The monoisotopic (exact) mass is 233 g/mol. The van der Waals surface area contributed by atoms with Gasteiger partial charge in [-0.3, -0.25) is 9.40 Å². The topological polar surface area (TPSA) is 84.2 Å². The lowest BCUT2D eigenvalue weighted by molar-refractivity contribution is 0.320. The Morgan fingerprint density at radius 1 is 1.60 bits per heavy atom. The van der Waals surface area contributed by atoms with Gasteiger partial charge < -0.3 is 5.11 Å². The van der Waals surface area contributed by atoms with Gasteiger partial charge in [-0.05, 0) is 6.42 Å². The number of aromatic nitrogens is 2. The van der Waals surface area contributed by atoms with E-state index in [2.05, 4.69) is 9.82 Å². The molecule has 0 aliphatic rings. The number of aryl methyl sites for hydroxylation is 2. The summed E-state index contributed by atoms with van der Waals surface area (Å²) in [6, 6.07) is 0. The first kappa shape index (κ1) is 12.0. The number of anilines is 1. The van der Waals surface area contributed by atoms with E-state index in [4.69, 9.17) is 5.11 Å². The number of sulfonamides is 1. The molecule has 0 aliphatic carbocycles. The zero-order chi connectivity index (χ0) is 11.5. The Labute approximate surface area is 89.0 Å². The van der Waals surface area contributed by atoms with E-state index in [1.807, 2.05) is 6.92 Å². The number of aliphatic hydroxyl groups is 1. The third-order valence-corrected chi connectivity index (χ3v) is 3.12. The summed E-state index contributed by atoms with van der Waals surface area (Å²) in [5, 5.41) is 12.7. The van der Waals surface area contributed by atoms with Gasteiger partial charge in [0.05, 0.1) is 23.7 Å². The second kappa shape index (κ2) is 4.63. The van der Waals surface area contributed by atoms with Crippen molar-refractivity contribution >= 4 is 15.7 Å². The van der Waals surface area contributed by atoms with Crippen LogP contribution in [0.3, 0.4) is 0 Å². The standard InChI is InChI=1S/C8H15N3O3S/c1-3-7-8(6-11(2)9-7)10-15(13,14)5-4-12/h6,10,12H,3-5H2,1-2H3. The summed E-state index contributed by atoms with van der Waals surface area (Å²) in [5.74, 6) is -0.301. The molecular weight excluding hydrogens is 218 g/mol. The van der Waals surface area contributed by atoms with Crippen LogP contribution in [-0.4, -0.2) is 35.7 Å². The SMILES string of the molecule is CCc1nn(C)cc1NS(=O)(=O)CCO. The fourth-order valence-electron chi connectivity index (χ4n) is 1.22. The molecule has 0 aliphatic heterocycles. The lowest BCUT2D eigenvalue weighted by Crippen LogP contribution is -2.19. The molecule has 0 radical (unpaired) electrons. The first-order chi connectivity index (χ1) is 6.98. The molecule has 0 aromatic carbocycles. The average molecular weight is 233 g/mol. The van der Waals surface area contributed by atoms with Crippen LogP contribution in [0.4, 0.5) is 5.69 Å². The van der Waals surface area contributed by atoms with Crippen molar-refractivity contribution in [1.82, 2.24) is 9.78 Å². The zero-order valence-electron chi connectivity index (χ0n) is 8.77. The van der Waals surface area contributed by atoms with E-state index >= 15 is 0 Å². The maximum Gasteiger partial charge on any atom is 0.235 e. The maximum atomic E-state index is 11.4. The smallest absolute Gasteiger partial charge is 0.235 e. The highest BCUT2D eigenvalue weighted by atomic mass is 32.2. The molecule has 0 bridgehead atoms. The summed E-state index contributed by atoms with van der Waals surface area (Å²) in [7, 11) is -1.73. The minimum atomic E-state index is -3.46. The molecule has 7 heteroatoms. The van der Waals surface area contributed by atoms with Gasteiger partial charge in [0.15, 0.2) is 0 Å². The summed E-state index contributed by atoms with van der Waals surface area (Å²) in [6.45, 7) is 1.50. The van der Waals surface area contributed by atoms with Crippen LogP contribution in [0, 0.1) is 0 Å². The number of rotatable bonds is 5. The molecule has 0 saturated heterocycles. The quantitative estimate of drug-likeness (QED) is 0.732. The second-order valence-corrected chi connectivity index (χ2v) is 5.00. The van der Waals surface area contributed by atoms with Crippen LogP contribution in [0.15, 0.2) is 6.20 Å². The molecule has 0 amide bonds. The van der Waals surface area contributed by atoms with E-state index < -0.39 is 16.6 Å². The summed E-state index contributed by atoms with van der Waals surface area (Å²) in [6.07, 6.45) is 2.26. The fourth-order valence-corrected chi connectivity index (χ4v) is 2.07. The average Bonchev–Trinajstić information content (AvgIpc) is 2.44. The third kappa shape index (κ3) is 3.21. The van der Waals surface area contributed by atoms with Crippen LogP contribution in [0.25, 0.3) is 0 Å². The van der Waals surface area contributed by atoms with E-state index in [0.717, 1.165) is 0 Å². The van der Waals surface area contributed by atoms with Crippen molar-refractivity contribution in [2.24, 2.45) is 7.05 Å². The normalized spacial score (nSPS) is 11.7. The Balaban J connectivity index is 2.88. The van der Waals surface area contributed by atoms with Gasteiger partial charge in [-0.1, -0.05) is 6.92 Å². The lowest BCUT2D eigenvalue weighted by Gasteiger charge is -2.04. The minimum Gasteiger partial charge on any atom is -0.395 e. The largest absolute Gasteiger partial charge is 0.395 e. The van der Waals surface area contributed by atoms with Crippen molar-refractivity contribution in [3.05, 3.63) is 11.9 Å². The first-order valence-corrected chi connectivity index (χ1v) is 6.27. The van der Waals surface area contributed by atoms with Crippen molar-refractivity contribution in [2.45, 2.75) is 13.3 Å². The van der Waals surface area contributed by atoms with E-state index in [0.29, 0.717) is 17.8 Å². The first-order valence-electron chi connectivity index (χ1n) is 4.62. The molecule has 86 valence electrons. The highest BCUT2D eigenvalue weighted by molar-refractivity contribution is 7.92. The van der Waals surface area contributed by atoms with Gasteiger partial charge in [0, 0.05) is 13.2 Å². The van der Waals surface area contributed by atoms with Gasteiger partial charge in [-0.15, -0.1) is 0 Å². The number of hydrogen-bond donors (Lipinski definition) is 2. The van der Waals surface area contributed by atoms with Gasteiger partial charge in [0.25, 0.3) is 0 Å². The molecule has 6 nitrogen and oxygen atoms in total. The molecule has 0 saturated carbocycles. The maximum absolute atomic E-state index is 11.4. The van der Waals surface area contributed by atoms with Crippen molar-refractivity contribution in [1.29, 1.82) is 0 Å². The summed E-state index contributed by atoms with van der Waals surface area (Å²) in [4.78, 5) is 0. The van der Waals surface area contributed by atoms with E-state index in [1.54, 1.807) is 17.9 Å². The lowest BCUT2D eigenvalue weighted by atomic mass is 10.3. The molecule has 0 fully saturated rings. The van der Waals surface area contributed by atoms with Gasteiger partial charge >= 0.3 is 0 Å². The summed E-state index contributed by atoms with van der Waals surface area (Å²) >= 11 is 0. The zero-order valence-corrected chi connectivity index (χ0v) is 9.58. The molecule has 0 spiro atoms. The van der Waals surface area contributed by atoms with Crippen LogP contribution in [-0.2, 0) is 23.5 Å². The van der Waals surface area contributed by atoms with Crippen molar-refractivity contribution in [3.63, 3.8) is 0 Å². The fraction of sp³-hybridized carbons (Fsp3) is 0.625. The second-order valence-electron chi connectivity index (χ2n) is 3.16. The minimum absolute atomic E-state index is 0.301. The predicted molar refractivity (Wildman–Crippen MR) is 57.1 cm³/mol. The van der Waals surface area contributed by atoms with E-state index in [-0.39, 0.29) is 5.75 Å². The third-order valence-electron chi connectivity index (χ3n) is 1.87. The number of nitrogens with zero attached hydrogens (tertiary/aromatic N) is 2. The molecule has 1 heterocycles. The van der Waals surface area contributed by atoms with Crippen molar-refractivity contribution in [3.8, 4) is 0 Å². The van der Waals surface area contributed by atoms with Gasteiger partial charge in [-0.2, -0.15) is 5.10 Å². The van der Waals surface area contributed by atoms with Crippen molar-refractivity contribution in [2.75, 3.05) is 17.1 Å². The number of hydrogen-bond acceptors (Lipinski definition) is 4. The molecule has 1 aromatic heterocycles. The Bertz CT molecular complexity index is 424. The molecule has 0 atom stereocenters. The van der Waals surface area contributed by atoms with E-state index in [9.17, 15) is 8.42 Å². The molecule has 0 unspecified atom stereocenters. The van der Waals surface area contributed by atoms with Crippen LogP contribution < -0.4 is 4.72 Å². The summed E-state index contributed by atoms with van der Waals surface area (Å²) in [5.41, 5.74) is 1.17. The predicted octanol–water partition coefficient (Wildman–Crippen LogP) is -0.283. The Morgan fingerprint density at radius 3 is 2.80 bits per heavy atom. The molecule has 2 N–H and O–H groups in total. The van der Waals surface area contributed by atoms with Crippen LogP contribution in [0.5, 0.6) is 0 Å². The Morgan fingerprint density at radius 2 is 2.27 bits per heavy atom. The van der Waals surface area contributed by atoms with Gasteiger partial charge in [0.2, 0.25) is 10.0 Å². The highest BCUT2D eigenvalue weighted by Crippen LogP contribution is 2.15. The molecule has 1 rings (SSSR count). The van der Waals surface area contributed by atoms with Gasteiger partial charge in [-0.25, -0.2) is 8.42 Å². The van der Waals surface area contributed by atoms with Gasteiger partial charge in [0.1, 0.15) is 0 Å². The highest BCUT2D eigenvalue weighted by Gasteiger charge is 2.13. The Kier molecular flexibility index (Phi) is 3.70. The summed E-state index contributed by atoms with van der Waals surface area (Å²) < 4.78 is 26.7. The number of aliphatic hydroxyl groups excluding tert-OH is 1. The molecular formula is C8H15N3O3S. The molecule has 15 heavy (non-hydrogen) atoms. The van der Waals surface area contributed by atoms with Crippen LogP contribution >= 0.6 is 0 Å². The van der Waals surface area contributed by atoms with E-state index in [1.165, 1.54) is 0 Å². The van der Waals surface area contributed by atoms with Crippen LogP contribution in [0.2, 0.25) is 0 Å². The number of nitrogens with one attached hydrogen (secondary N) is 1.